The van der Waals surface area contributed by atoms with E-state index in [-0.39, 0.29) is 11.2 Å². The fraction of sp³-hybridized carbons (Fsp3) is 0.417. The van der Waals surface area contributed by atoms with Gasteiger partial charge in [0.05, 0.1) is 10.9 Å². The summed E-state index contributed by atoms with van der Waals surface area (Å²) in [5, 5.41) is 0.116. The summed E-state index contributed by atoms with van der Waals surface area (Å²) in [6.07, 6.45) is 3.39. The topological polar surface area (TPSA) is 41.1 Å². The molecule has 2 rings (SSSR count). The first-order valence-corrected chi connectivity index (χ1v) is 6.63. The lowest BCUT2D eigenvalue weighted by atomic mass is 10.2. The highest BCUT2D eigenvalue weighted by Crippen LogP contribution is 2.24. The van der Waals surface area contributed by atoms with E-state index >= 15 is 0 Å². The van der Waals surface area contributed by atoms with Crippen molar-refractivity contribution in [2.45, 2.75) is 24.5 Å². The Morgan fingerprint density at radius 2 is 2.06 bits per heavy atom. The zero-order valence-corrected chi connectivity index (χ0v) is 9.93. The van der Waals surface area contributed by atoms with Gasteiger partial charge in [0.25, 0.3) is 5.91 Å². The monoisotopic (exact) mass is 236 g/mol. The van der Waals surface area contributed by atoms with Gasteiger partial charge in [-0.05, 0) is 30.7 Å². The van der Waals surface area contributed by atoms with Gasteiger partial charge < -0.3 is 0 Å². The van der Waals surface area contributed by atoms with Gasteiger partial charge in [0, 0.05) is 0 Å². The van der Waals surface area contributed by atoms with Crippen LogP contribution in [0.25, 0.3) is 0 Å². The molecule has 0 spiro atoms. The molecule has 1 unspecified atom stereocenters. The smallest absolute Gasteiger partial charge is 0.251 e. The van der Waals surface area contributed by atoms with Crippen molar-refractivity contribution >= 4 is 23.4 Å². The fourth-order valence-corrected chi connectivity index (χ4v) is 2.88. The number of carbonyl (C=O) groups is 1. The summed E-state index contributed by atoms with van der Waals surface area (Å²) in [5.74, 6) is 1.19. The summed E-state index contributed by atoms with van der Waals surface area (Å²) in [6.45, 7) is 0. The van der Waals surface area contributed by atoms with Gasteiger partial charge in [-0.25, -0.2) is 0 Å². The Hall–Kier alpha value is -1.16. The molecule has 3 nitrogen and oxygen atoms in total. The van der Waals surface area contributed by atoms with E-state index in [1.165, 1.54) is 6.42 Å². The molecular weight excluding hydrogens is 220 g/mol. The van der Waals surface area contributed by atoms with E-state index < -0.39 is 0 Å². The van der Waals surface area contributed by atoms with Crippen molar-refractivity contribution in [2.24, 2.45) is 0 Å². The molecule has 2 N–H and O–H groups in total. The first kappa shape index (κ1) is 11.3. The highest BCUT2D eigenvalue weighted by atomic mass is 32.2. The van der Waals surface area contributed by atoms with Crippen LogP contribution in [0.5, 0.6) is 0 Å². The Bertz CT molecular complexity index is 336. The predicted molar refractivity (Wildman–Crippen MR) is 68.3 cm³/mol. The second kappa shape index (κ2) is 5.80. The molecule has 86 valence electrons. The van der Waals surface area contributed by atoms with Crippen molar-refractivity contribution in [3.8, 4) is 0 Å². The van der Waals surface area contributed by atoms with Gasteiger partial charge in [-0.3, -0.25) is 15.6 Å². The van der Waals surface area contributed by atoms with Gasteiger partial charge in [-0.15, -0.1) is 11.8 Å². The number of benzene rings is 1. The second-order valence-electron chi connectivity index (χ2n) is 3.84. The van der Waals surface area contributed by atoms with E-state index in [0.29, 0.717) is 0 Å². The molecule has 1 aromatic carbocycles. The summed E-state index contributed by atoms with van der Waals surface area (Å²) < 4.78 is 0. The Kier molecular flexibility index (Phi) is 4.10. The van der Waals surface area contributed by atoms with Crippen LogP contribution in [0.2, 0.25) is 0 Å². The zero-order valence-electron chi connectivity index (χ0n) is 9.11. The molecule has 1 aliphatic heterocycles. The van der Waals surface area contributed by atoms with Crippen LogP contribution in [0.15, 0.2) is 30.3 Å². The lowest BCUT2D eigenvalue weighted by Gasteiger charge is -2.20. The van der Waals surface area contributed by atoms with Gasteiger partial charge in [0.2, 0.25) is 0 Å². The minimum atomic E-state index is 0.0913. The molecule has 1 aromatic rings. The van der Waals surface area contributed by atoms with Gasteiger partial charge in [-0.1, -0.05) is 24.6 Å². The summed E-state index contributed by atoms with van der Waals surface area (Å²) in [7, 11) is 0. The molecule has 16 heavy (non-hydrogen) atoms. The lowest BCUT2D eigenvalue weighted by Crippen LogP contribution is -2.37. The average Bonchev–Trinajstić information content (AvgIpc) is 2.38. The molecule has 0 bridgehead atoms. The highest BCUT2D eigenvalue weighted by Gasteiger charge is 2.21. The van der Waals surface area contributed by atoms with E-state index in [4.69, 9.17) is 0 Å². The van der Waals surface area contributed by atoms with Crippen LogP contribution in [0.4, 0.5) is 5.69 Å². The Balaban J connectivity index is 1.79. The predicted octanol–water partition coefficient (Wildman–Crippen LogP) is 2.42. The Morgan fingerprint density at radius 1 is 1.25 bits per heavy atom. The molecule has 1 fully saturated rings. The number of nitrogens with one attached hydrogen (secondary N) is 2. The summed E-state index contributed by atoms with van der Waals surface area (Å²) in [6, 6.07) is 9.67. The minimum absolute atomic E-state index is 0.0913. The van der Waals surface area contributed by atoms with Crippen molar-refractivity contribution in [3.63, 3.8) is 0 Å². The number of hydrazine groups is 1. The first-order valence-electron chi connectivity index (χ1n) is 5.59. The van der Waals surface area contributed by atoms with E-state index in [9.17, 15) is 4.79 Å². The number of carbonyl (C=O) groups excluding carboxylic acids is 1. The molecule has 1 heterocycles. The largest absolute Gasteiger partial charge is 0.299 e. The maximum Gasteiger partial charge on any atom is 0.251 e. The number of rotatable bonds is 3. The molecule has 0 radical (unpaired) electrons. The summed E-state index contributed by atoms with van der Waals surface area (Å²) >= 11 is 1.75. The zero-order chi connectivity index (χ0) is 11.2. The summed E-state index contributed by atoms with van der Waals surface area (Å²) in [4.78, 5) is 11.8. The maximum atomic E-state index is 11.8. The van der Waals surface area contributed by atoms with E-state index in [2.05, 4.69) is 10.9 Å². The normalized spacial score (nSPS) is 20.1. The number of anilines is 1. The van der Waals surface area contributed by atoms with E-state index in [0.717, 1.165) is 24.3 Å². The molecule has 0 aromatic heterocycles. The van der Waals surface area contributed by atoms with Crippen LogP contribution in [0.3, 0.4) is 0 Å². The van der Waals surface area contributed by atoms with Crippen molar-refractivity contribution < 1.29 is 4.79 Å². The number of para-hydroxylation sites is 1. The molecule has 1 saturated heterocycles. The third-order valence-corrected chi connectivity index (χ3v) is 3.95. The highest BCUT2D eigenvalue weighted by molar-refractivity contribution is 8.00. The standard InChI is InChI=1S/C12H16N2OS/c15-12(11-8-4-5-9-16-11)14-13-10-6-2-1-3-7-10/h1-3,6-7,11,13H,4-5,8-9H2,(H,14,15). The lowest BCUT2D eigenvalue weighted by molar-refractivity contribution is -0.120. The third-order valence-electron chi connectivity index (χ3n) is 2.58. The minimum Gasteiger partial charge on any atom is -0.299 e. The average molecular weight is 236 g/mol. The second-order valence-corrected chi connectivity index (χ2v) is 5.15. The van der Waals surface area contributed by atoms with Crippen molar-refractivity contribution in [1.29, 1.82) is 0 Å². The van der Waals surface area contributed by atoms with Crippen LogP contribution < -0.4 is 10.9 Å². The third kappa shape index (κ3) is 3.17. The molecule has 4 heteroatoms. The van der Waals surface area contributed by atoms with Crippen LogP contribution in [-0.4, -0.2) is 16.9 Å². The number of thioether (sulfide) groups is 1. The van der Waals surface area contributed by atoms with E-state index in [1.807, 2.05) is 30.3 Å². The van der Waals surface area contributed by atoms with Gasteiger partial charge >= 0.3 is 0 Å². The van der Waals surface area contributed by atoms with Gasteiger partial charge in [0.1, 0.15) is 0 Å². The molecule has 0 saturated carbocycles. The first-order chi connectivity index (χ1) is 7.86. The van der Waals surface area contributed by atoms with Crippen molar-refractivity contribution in [1.82, 2.24) is 5.43 Å². The molecule has 1 aliphatic rings. The SMILES string of the molecule is O=C(NNc1ccccc1)C1CCCCS1. The van der Waals surface area contributed by atoms with Gasteiger partial charge in [-0.2, -0.15) is 0 Å². The number of amides is 1. The fourth-order valence-electron chi connectivity index (χ4n) is 1.68. The quantitative estimate of drug-likeness (QED) is 0.792. The Labute approximate surface area is 100.0 Å². The van der Waals surface area contributed by atoms with Crippen molar-refractivity contribution in [2.75, 3.05) is 11.2 Å². The van der Waals surface area contributed by atoms with Crippen LogP contribution >= 0.6 is 11.8 Å². The van der Waals surface area contributed by atoms with Crippen LogP contribution in [0.1, 0.15) is 19.3 Å². The summed E-state index contributed by atoms with van der Waals surface area (Å²) in [5.41, 5.74) is 6.60. The van der Waals surface area contributed by atoms with Crippen molar-refractivity contribution in [3.05, 3.63) is 30.3 Å². The molecule has 1 atom stereocenters. The maximum absolute atomic E-state index is 11.8. The number of hydrogen-bond donors (Lipinski definition) is 2. The van der Waals surface area contributed by atoms with Crippen LogP contribution in [0, 0.1) is 0 Å². The Morgan fingerprint density at radius 3 is 2.75 bits per heavy atom. The van der Waals surface area contributed by atoms with Gasteiger partial charge in [0.15, 0.2) is 0 Å². The van der Waals surface area contributed by atoms with Crippen LogP contribution in [-0.2, 0) is 4.79 Å². The molecule has 0 aliphatic carbocycles. The molecule has 1 amide bonds. The van der Waals surface area contributed by atoms with E-state index in [1.54, 1.807) is 11.8 Å². The molecular formula is C12H16N2OS. The number of hydrogen-bond acceptors (Lipinski definition) is 3.